The summed E-state index contributed by atoms with van der Waals surface area (Å²) in [6, 6.07) is 20.4. The standard InChI is InChI=1S/C27H27N3O5/c1-33-20-11-8-18(9-12-20)23-7-4-14-30(23)16-26(31)29-22-6-3-2-5-21(22)27(32)28-19-10-13-24-25(15-19)35-17-34-24/h2-3,5-6,8-13,15,23H,4,7,14,16-17H2,1H3,(H,28,32)(H,29,31). The fourth-order valence-electron chi connectivity index (χ4n) is 4.56. The highest BCUT2D eigenvalue weighted by molar-refractivity contribution is 6.10. The highest BCUT2D eigenvalue weighted by Gasteiger charge is 2.28. The van der Waals surface area contributed by atoms with Crippen LogP contribution < -0.4 is 24.8 Å². The van der Waals surface area contributed by atoms with E-state index in [9.17, 15) is 9.59 Å². The van der Waals surface area contributed by atoms with Crippen molar-refractivity contribution in [1.29, 1.82) is 0 Å². The smallest absolute Gasteiger partial charge is 0.257 e. The summed E-state index contributed by atoms with van der Waals surface area (Å²) in [6.45, 7) is 1.25. The average Bonchev–Trinajstić information content (AvgIpc) is 3.53. The van der Waals surface area contributed by atoms with Gasteiger partial charge >= 0.3 is 0 Å². The van der Waals surface area contributed by atoms with Crippen LogP contribution in [0, 0.1) is 0 Å². The Hall–Kier alpha value is -4.04. The van der Waals surface area contributed by atoms with Crippen molar-refractivity contribution in [2.75, 3.05) is 37.6 Å². The van der Waals surface area contributed by atoms with Gasteiger partial charge in [0, 0.05) is 17.8 Å². The van der Waals surface area contributed by atoms with Crippen LogP contribution in [0.2, 0.25) is 0 Å². The number of nitrogens with one attached hydrogen (secondary N) is 2. The summed E-state index contributed by atoms with van der Waals surface area (Å²) in [7, 11) is 1.65. The molecule has 35 heavy (non-hydrogen) atoms. The van der Waals surface area contributed by atoms with E-state index in [-0.39, 0.29) is 31.2 Å². The maximum Gasteiger partial charge on any atom is 0.257 e. The van der Waals surface area contributed by atoms with Gasteiger partial charge in [0.2, 0.25) is 12.7 Å². The second-order valence-electron chi connectivity index (χ2n) is 8.52. The molecule has 8 heteroatoms. The molecule has 2 heterocycles. The first-order valence-corrected chi connectivity index (χ1v) is 11.6. The molecular weight excluding hydrogens is 446 g/mol. The van der Waals surface area contributed by atoms with Crippen molar-refractivity contribution in [2.45, 2.75) is 18.9 Å². The van der Waals surface area contributed by atoms with Crippen LogP contribution in [0.1, 0.15) is 34.8 Å². The maximum absolute atomic E-state index is 13.0. The predicted octanol–water partition coefficient (Wildman–Crippen LogP) is 4.45. The molecule has 1 unspecified atom stereocenters. The second kappa shape index (κ2) is 10.1. The van der Waals surface area contributed by atoms with E-state index in [4.69, 9.17) is 14.2 Å². The van der Waals surface area contributed by atoms with E-state index in [1.807, 2.05) is 12.1 Å². The summed E-state index contributed by atoms with van der Waals surface area (Å²) in [5, 5.41) is 5.80. The molecule has 0 aliphatic carbocycles. The van der Waals surface area contributed by atoms with Gasteiger partial charge in [0.25, 0.3) is 5.91 Å². The number of ether oxygens (including phenoxy) is 3. The molecule has 1 atom stereocenters. The molecule has 2 N–H and O–H groups in total. The largest absolute Gasteiger partial charge is 0.497 e. The van der Waals surface area contributed by atoms with Crippen LogP contribution in [0.4, 0.5) is 11.4 Å². The number of nitrogens with zero attached hydrogens (tertiary/aromatic N) is 1. The van der Waals surface area contributed by atoms with E-state index in [1.54, 1.807) is 49.6 Å². The lowest BCUT2D eigenvalue weighted by Gasteiger charge is -2.24. The van der Waals surface area contributed by atoms with Crippen molar-refractivity contribution >= 4 is 23.2 Å². The number of benzene rings is 3. The van der Waals surface area contributed by atoms with Crippen LogP contribution in [0.5, 0.6) is 17.2 Å². The van der Waals surface area contributed by atoms with Gasteiger partial charge in [-0.25, -0.2) is 0 Å². The minimum absolute atomic E-state index is 0.159. The number of carbonyl (C=O) groups excluding carboxylic acids is 2. The molecule has 2 amide bonds. The van der Waals surface area contributed by atoms with E-state index in [1.165, 1.54) is 5.56 Å². The highest BCUT2D eigenvalue weighted by Crippen LogP contribution is 2.35. The van der Waals surface area contributed by atoms with Crippen LogP contribution in [0.25, 0.3) is 0 Å². The van der Waals surface area contributed by atoms with Crippen LogP contribution in [0.15, 0.2) is 66.7 Å². The lowest BCUT2D eigenvalue weighted by Crippen LogP contribution is -2.33. The number of carbonyl (C=O) groups is 2. The summed E-state index contributed by atoms with van der Waals surface area (Å²) in [5.74, 6) is 1.56. The number of amides is 2. The quantitative estimate of drug-likeness (QED) is 0.527. The van der Waals surface area contributed by atoms with Gasteiger partial charge in [-0.1, -0.05) is 24.3 Å². The molecule has 3 aromatic rings. The van der Waals surface area contributed by atoms with Gasteiger partial charge in [-0.2, -0.15) is 0 Å². The van der Waals surface area contributed by atoms with Gasteiger partial charge in [0.15, 0.2) is 11.5 Å². The lowest BCUT2D eigenvalue weighted by atomic mass is 10.0. The molecule has 0 saturated carbocycles. The molecule has 2 aliphatic heterocycles. The van der Waals surface area contributed by atoms with Gasteiger partial charge < -0.3 is 24.8 Å². The summed E-state index contributed by atoms with van der Waals surface area (Å²) < 4.78 is 15.9. The number of fused-ring (bicyclic) bond motifs is 1. The van der Waals surface area contributed by atoms with Crippen molar-refractivity contribution in [1.82, 2.24) is 4.90 Å². The Kier molecular flexibility index (Phi) is 6.54. The topological polar surface area (TPSA) is 89.1 Å². The summed E-state index contributed by atoms with van der Waals surface area (Å²) in [4.78, 5) is 28.1. The minimum Gasteiger partial charge on any atom is -0.497 e. The normalized spacial score (nSPS) is 16.7. The molecular formula is C27H27N3O5. The number of para-hydroxylation sites is 1. The first kappa shape index (κ1) is 22.7. The zero-order valence-electron chi connectivity index (χ0n) is 19.5. The Balaban J connectivity index is 1.24. The Bertz CT molecular complexity index is 1230. The van der Waals surface area contributed by atoms with Gasteiger partial charge in [-0.3, -0.25) is 14.5 Å². The fraction of sp³-hybridized carbons (Fsp3) is 0.259. The third-order valence-corrected chi connectivity index (χ3v) is 6.29. The molecule has 1 saturated heterocycles. The molecule has 0 aromatic heterocycles. The van der Waals surface area contributed by atoms with Gasteiger partial charge in [0.1, 0.15) is 5.75 Å². The Morgan fingerprint density at radius 3 is 2.63 bits per heavy atom. The molecule has 2 aliphatic rings. The molecule has 180 valence electrons. The Labute approximate surface area is 203 Å². The highest BCUT2D eigenvalue weighted by atomic mass is 16.7. The van der Waals surface area contributed by atoms with Crippen LogP contribution in [-0.2, 0) is 4.79 Å². The second-order valence-corrected chi connectivity index (χ2v) is 8.52. The van der Waals surface area contributed by atoms with E-state index in [0.717, 1.165) is 25.1 Å². The summed E-state index contributed by atoms with van der Waals surface area (Å²) >= 11 is 0. The third kappa shape index (κ3) is 5.07. The van der Waals surface area contributed by atoms with Crippen molar-refractivity contribution in [3.63, 3.8) is 0 Å². The van der Waals surface area contributed by atoms with E-state index in [2.05, 4.69) is 27.7 Å². The van der Waals surface area contributed by atoms with Crippen molar-refractivity contribution in [3.8, 4) is 17.2 Å². The average molecular weight is 474 g/mol. The van der Waals surface area contributed by atoms with Crippen molar-refractivity contribution < 1.29 is 23.8 Å². The lowest BCUT2D eigenvalue weighted by molar-refractivity contribution is -0.117. The molecule has 1 fully saturated rings. The molecule has 8 nitrogen and oxygen atoms in total. The first-order valence-electron chi connectivity index (χ1n) is 11.6. The van der Waals surface area contributed by atoms with Crippen LogP contribution in [-0.4, -0.2) is 43.7 Å². The van der Waals surface area contributed by atoms with Crippen LogP contribution >= 0.6 is 0 Å². The van der Waals surface area contributed by atoms with Gasteiger partial charge in [0.05, 0.1) is 24.9 Å². The third-order valence-electron chi connectivity index (χ3n) is 6.29. The molecule has 0 bridgehead atoms. The van der Waals surface area contributed by atoms with Crippen molar-refractivity contribution in [3.05, 3.63) is 77.9 Å². The van der Waals surface area contributed by atoms with Gasteiger partial charge in [-0.05, 0) is 61.3 Å². The van der Waals surface area contributed by atoms with Gasteiger partial charge in [-0.15, -0.1) is 0 Å². The maximum atomic E-state index is 13.0. The zero-order chi connectivity index (χ0) is 24.2. The minimum atomic E-state index is -0.322. The van der Waals surface area contributed by atoms with E-state index >= 15 is 0 Å². The Morgan fingerprint density at radius 2 is 1.80 bits per heavy atom. The van der Waals surface area contributed by atoms with E-state index in [0.29, 0.717) is 28.4 Å². The zero-order valence-corrected chi connectivity index (χ0v) is 19.5. The first-order chi connectivity index (χ1) is 17.1. The monoisotopic (exact) mass is 473 g/mol. The fourth-order valence-corrected chi connectivity index (χ4v) is 4.56. The number of rotatable bonds is 7. The molecule has 0 radical (unpaired) electrons. The molecule has 0 spiro atoms. The number of anilines is 2. The number of likely N-dealkylation sites (tertiary alicyclic amines) is 1. The summed E-state index contributed by atoms with van der Waals surface area (Å²) in [5.41, 5.74) is 2.60. The van der Waals surface area contributed by atoms with Crippen molar-refractivity contribution in [2.24, 2.45) is 0 Å². The SMILES string of the molecule is COc1ccc(C2CCCN2CC(=O)Nc2ccccc2C(=O)Nc2ccc3c(c2)OCO3)cc1. The van der Waals surface area contributed by atoms with Crippen LogP contribution in [0.3, 0.4) is 0 Å². The number of hydrogen-bond acceptors (Lipinski definition) is 6. The molecule has 5 rings (SSSR count). The summed E-state index contributed by atoms with van der Waals surface area (Å²) in [6.07, 6.45) is 2.02. The molecule has 3 aromatic carbocycles. The Morgan fingerprint density at radius 1 is 1.00 bits per heavy atom. The number of hydrogen-bond donors (Lipinski definition) is 2. The number of methoxy groups -OCH3 is 1. The van der Waals surface area contributed by atoms with E-state index < -0.39 is 0 Å². The predicted molar refractivity (Wildman–Crippen MR) is 132 cm³/mol.